The molecule has 1 unspecified atom stereocenters. The molecule has 1 atom stereocenters. The number of carbonyl (C=O) groups excluding carboxylic acids is 1. The molecule has 0 saturated heterocycles. The molecule has 2 aromatic rings. The summed E-state index contributed by atoms with van der Waals surface area (Å²) >= 11 is 5.86. The Labute approximate surface area is 162 Å². The van der Waals surface area contributed by atoms with Crippen LogP contribution in [0.1, 0.15) is 18.7 Å². The molecule has 0 radical (unpaired) electrons. The fourth-order valence-corrected chi connectivity index (χ4v) is 2.70. The van der Waals surface area contributed by atoms with Crippen molar-refractivity contribution >= 4 is 23.4 Å². The summed E-state index contributed by atoms with van der Waals surface area (Å²) in [6.07, 6.45) is -0.767. The number of rotatable bonds is 6. The van der Waals surface area contributed by atoms with Crippen LogP contribution in [0, 0.1) is 0 Å². The summed E-state index contributed by atoms with van der Waals surface area (Å²) in [7, 11) is 3.11. The second-order valence-electron chi connectivity index (χ2n) is 5.68. The van der Waals surface area contributed by atoms with Gasteiger partial charge in [0, 0.05) is 11.9 Å². The van der Waals surface area contributed by atoms with Crippen molar-refractivity contribution in [2.75, 3.05) is 20.8 Å². The van der Waals surface area contributed by atoms with E-state index in [1.54, 1.807) is 56.7 Å². The van der Waals surface area contributed by atoms with Crippen molar-refractivity contribution in [2.24, 2.45) is 5.10 Å². The van der Waals surface area contributed by atoms with Crippen LogP contribution in [-0.2, 0) is 9.53 Å². The van der Waals surface area contributed by atoms with Crippen molar-refractivity contribution < 1.29 is 23.7 Å². The quantitative estimate of drug-likeness (QED) is 0.753. The van der Waals surface area contributed by atoms with Crippen LogP contribution in [0.3, 0.4) is 0 Å². The van der Waals surface area contributed by atoms with Crippen LogP contribution in [0.4, 0.5) is 0 Å². The molecule has 0 spiro atoms. The largest absolute Gasteiger partial charge is 0.497 e. The number of hydrogen-bond donors (Lipinski definition) is 0. The summed E-state index contributed by atoms with van der Waals surface area (Å²) in [5.41, 5.74) is 0.622. The summed E-state index contributed by atoms with van der Waals surface area (Å²) in [5.74, 6) is 1.79. The van der Waals surface area contributed by atoms with Gasteiger partial charge in [0.05, 0.1) is 19.8 Å². The van der Waals surface area contributed by atoms with E-state index in [-0.39, 0.29) is 18.4 Å². The normalized spacial score (nSPS) is 15.8. The minimum atomic E-state index is -0.767. The zero-order chi connectivity index (χ0) is 19.4. The minimum Gasteiger partial charge on any atom is -0.497 e. The Bertz CT molecular complexity index is 854. The predicted molar refractivity (Wildman–Crippen MR) is 100 cm³/mol. The van der Waals surface area contributed by atoms with E-state index in [0.29, 0.717) is 27.8 Å². The summed E-state index contributed by atoms with van der Waals surface area (Å²) in [6, 6.07) is 12.2. The molecule has 1 aliphatic heterocycles. The molecule has 0 saturated carbocycles. The third-order valence-electron chi connectivity index (χ3n) is 3.89. The number of carbonyl (C=O) groups is 1. The molecule has 2 aromatic carbocycles. The first-order chi connectivity index (χ1) is 13.0. The number of benzene rings is 2. The van der Waals surface area contributed by atoms with Gasteiger partial charge in [0.1, 0.15) is 17.2 Å². The maximum Gasteiger partial charge on any atom is 0.247 e. The van der Waals surface area contributed by atoms with Crippen molar-refractivity contribution in [3.05, 3.63) is 53.1 Å². The van der Waals surface area contributed by atoms with Crippen LogP contribution in [-0.4, -0.2) is 37.6 Å². The van der Waals surface area contributed by atoms with E-state index in [1.165, 1.54) is 11.9 Å². The summed E-state index contributed by atoms with van der Waals surface area (Å²) in [4.78, 5) is 12.1. The average Bonchev–Trinajstić information content (AvgIpc) is 3.11. The van der Waals surface area contributed by atoms with Gasteiger partial charge in [-0.25, -0.2) is 0 Å². The van der Waals surface area contributed by atoms with Gasteiger partial charge in [0.2, 0.25) is 18.0 Å². The first-order valence-corrected chi connectivity index (χ1v) is 8.54. The lowest BCUT2D eigenvalue weighted by atomic mass is 10.1. The van der Waals surface area contributed by atoms with E-state index < -0.39 is 6.23 Å². The fraction of sp³-hybridized carbons (Fsp3) is 0.263. The number of amides is 1. The zero-order valence-corrected chi connectivity index (χ0v) is 15.9. The maximum absolute atomic E-state index is 12.1. The number of methoxy groups -OCH3 is 2. The summed E-state index contributed by atoms with van der Waals surface area (Å²) in [6.45, 7) is 1.48. The van der Waals surface area contributed by atoms with Gasteiger partial charge < -0.3 is 18.9 Å². The molecule has 0 fully saturated rings. The lowest BCUT2D eigenvalue weighted by Crippen LogP contribution is -2.25. The van der Waals surface area contributed by atoms with E-state index in [0.717, 1.165) is 0 Å². The molecule has 0 aliphatic carbocycles. The SMILES string of the molecule is COc1ccc(OC)c(C2OC(COc3ccc(Cl)cc3)=NN2C(C)=O)c1. The van der Waals surface area contributed by atoms with Crippen molar-refractivity contribution in [1.29, 1.82) is 0 Å². The van der Waals surface area contributed by atoms with Gasteiger partial charge in [0.15, 0.2) is 6.61 Å². The number of halogens is 1. The van der Waals surface area contributed by atoms with Crippen LogP contribution in [0.25, 0.3) is 0 Å². The molecule has 142 valence electrons. The second kappa shape index (κ2) is 8.18. The predicted octanol–water partition coefficient (Wildman–Crippen LogP) is 3.63. The Morgan fingerprint density at radius 1 is 1.15 bits per heavy atom. The molecular formula is C19H19ClN2O5. The van der Waals surface area contributed by atoms with Crippen molar-refractivity contribution in [3.63, 3.8) is 0 Å². The Morgan fingerprint density at radius 2 is 1.85 bits per heavy atom. The molecule has 3 rings (SSSR count). The number of hydrazone groups is 1. The number of ether oxygens (including phenoxy) is 4. The van der Waals surface area contributed by atoms with Crippen molar-refractivity contribution in [3.8, 4) is 17.2 Å². The molecule has 7 nitrogen and oxygen atoms in total. The van der Waals surface area contributed by atoms with E-state index in [1.807, 2.05) is 0 Å². The van der Waals surface area contributed by atoms with Crippen LogP contribution in [0.15, 0.2) is 47.6 Å². The van der Waals surface area contributed by atoms with Gasteiger partial charge in [-0.15, -0.1) is 5.10 Å². The fourth-order valence-electron chi connectivity index (χ4n) is 2.58. The number of hydrogen-bond acceptors (Lipinski definition) is 6. The Balaban J connectivity index is 1.80. The average molecular weight is 391 g/mol. The standard InChI is InChI=1S/C19H19ClN2O5/c1-12(23)22-19(16-10-15(24-2)8-9-17(16)25-3)27-18(21-22)11-26-14-6-4-13(20)5-7-14/h4-10,19H,11H2,1-3H3. The smallest absolute Gasteiger partial charge is 0.247 e. The van der Waals surface area contributed by atoms with Gasteiger partial charge in [-0.2, -0.15) is 5.01 Å². The van der Waals surface area contributed by atoms with Gasteiger partial charge in [-0.05, 0) is 42.5 Å². The van der Waals surface area contributed by atoms with E-state index >= 15 is 0 Å². The van der Waals surface area contributed by atoms with Crippen LogP contribution in [0.2, 0.25) is 5.02 Å². The lowest BCUT2D eigenvalue weighted by molar-refractivity contribution is -0.135. The molecule has 1 aliphatic rings. The molecule has 1 amide bonds. The molecule has 0 bridgehead atoms. The first-order valence-electron chi connectivity index (χ1n) is 8.16. The van der Waals surface area contributed by atoms with E-state index in [9.17, 15) is 4.79 Å². The highest BCUT2D eigenvalue weighted by Crippen LogP contribution is 2.36. The third-order valence-corrected chi connectivity index (χ3v) is 4.14. The van der Waals surface area contributed by atoms with E-state index in [2.05, 4.69) is 5.10 Å². The molecular weight excluding hydrogens is 372 g/mol. The Hall–Kier alpha value is -2.93. The maximum atomic E-state index is 12.1. The van der Waals surface area contributed by atoms with Gasteiger partial charge in [-0.1, -0.05) is 11.6 Å². The summed E-state index contributed by atoms with van der Waals surface area (Å²) < 4.78 is 22.2. The Kier molecular flexibility index (Phi) is 5.71. The zero-order valence-electron chi connectivity index (χ0n) is 15.1. The highest BCUT2D eigenvalue weighted by Gasteiger charge is 2.35. The molecule has 0 aromatic heterocycles. The van der Waals surface area contributed by atoms with Gasteiger partial charge in [-0.3, -0.25) is 4.79 Å². The van der Waals surface area contributed by atoms with Crippen LogP contribution >= 0.6 is 11.6 Å². The highest BCUT2D eigenvalue weighted by atomic mass is 35.5. The Morgan fingerprint density at radius 3 is 2.48 bits per heavy atom. The van der Waals surface area contributed by atoms with Crippen molar-refractivity contribution in [2.45, 2.75) is 13.2 Å². The summed E-state index contributed by atoms with van der Waals surface area (Å²) in [5, 5.41) is 6.10. The minimum absolute atomic E-state index is 0.0637. The molecule has 27 heavy (non-hydrogen) atoms. The highest BCUT2D eigenvalue weighted by molar-refractivity contribution is 6.30. The van der Waals surface area contributed by atoms with E-state index in [4.69, 9.17) is 30.5 Å². The number of nitrogens with zero attached hydrogens (tertiary/aromatic N) is 2. The first kappa shape index (κ1) is 18.8. The monoisotopic (exact) mass is 390 g/mol. The van der Waals surface area contributed by atoms with Crippen LogP contribution in [0.5, 0.6) is 17.2 Å². The molecule has 1 heterocycles. The van der Waals surface area contributed by atoms with Crippen molar-refractivity contribution in [1.82, 2.24) is 5.01 Å². The van der Waals surface area contributed by atoms with Gasteiger partial charge >= 0.3 is 0 Å². The lowest BCUT2D eigenvalue weighted by Gasteiger charge is -2.21. The van der Waals surface area contributed by atoms with Crippen LogP contribution < -0.4 is 14.2 Å². The molecule has 8 heteroatoms. The van der Waals surface area contributed by atoms with Gasteiger partial charge in [0.25, 0.3) is 0 Å². The molecule has 0 N–H and O–H groups in total. The second-order valence-corrected chi connectivity index (χ2v) is 6.11. The topological polar surface area (TPSA) is 69.6 Å². The third kappa shape index (κ3) is 4.25.